The van der Waals surface area contributed by atoms with Gasteiger partial charge in [0, 0.05) is 33.0 Å². The van der Waals surface area contributed by atoms with Gasteiger partial charge in [-0.15, -0.1) is 0 Å². The van der Waals surface area contributed by atoms with E-state index in [0.717, 1.165) is 40.1 Å². The number of rotatable bonds is 5. The summed E-state index contributed by atoms with van der Waals surface area (Å²) in [6, 6.07) is 15.3. The van der Waals surface area contributed by atoms with Crippen LogP contribution in [0.25, 0.3) is 11.1 Å². The Hall–Kier alpha value is -1.58. The third-order valence-electron chi connectivity index (χ3n) is 4.68. The van der Waals surface area contributed by atoms with E-state index in [1.807, 2.05) is 42.6 Å². The monoisotopic (exact) mass is 403 g/mol. The van der Waals surface area contributed by atoms with Crippen molar-refractivity contribution in [3.05, 3.63) is 87.1 Å². The summed E-state index contributed by atoms with van der Waals surface area (Å²) >= 11 is 18.4. The zero-order valence-corrected chi connectivity index (χ0v) is 16.2. The molecule has 0 radical (unpaired) electrons. The fourth-order valence-corrected chi connectivity index (χ4v) is 3.61. The molecule has 0 bridgehead atoms. The summed E-state index contributed by atoms with van der Waals surface area (Å²) in [5.74, 6) is 0. The normalized spacial score (nSPS) is 15.0. The maximum atomic E-state index is 6.33. The molecule has 4 rings (SSSR count). The summed E-state index contributed by atoms with van der Waals surface area (Å²) in [6.07, 6.45) is 5.61. The van der Waals surface area contributed by atoms with Crippen LogP contribution in [-0.4, -0.2) is 4.98 Å². The van der Waals surface area contributed by atoms with Gasteiger partial charge in [-0.2, -0.15) is 0 Å². The van der Waals surface area contributed by atoms with Crippen LogP contribution in [0.5, 0.6) is 0 Å². The molecule has 0 saturated heterocycles. The van der Waals surface area contributed by atoms with Crippen LogP contribution in [-0.2, 0) is 16.9 Å². The van der Waals surface area contributed by atoms with Crippen LogP contribution < -0.4 is 0 Å². The molecule has 0 spiro atoms. The van der Waals surface area contributed by atoms with Crippen LogP contribution in [0.1, 0.15) is 24.0 Å². The van der Waals surface area contributed by atoms with Gasteiger partial charge in [0.2, 0.25) is 0 Å². The van der Waals surface area contributed by atoms with E-state index >= 15 is 0 Å². The highest BCUT2D eigenvalue weighted by atomic mass is 35.5. The molecule has 26 heavy (non-hydrogen) atoms. The molecule has 0 aliphatic heterocycles. The second-order valence-electron chi connectivity index (χ2n) is 6.45. The van der Waals surface area contributed by atoms with Gasteiger partial charge in [-0.3, -0.25) is 4.98 Å². The maximum Gasteiger partial charge on any atom is 0.0959 e. The van der Waals surface area contributed by atoms with E-state index in [-0.39, 0.29) is 5.60 Å². The molecule has 2 aromatic carbocycles. The summed E-state index contributed by atoms with van der Waals surface area (Å²) in [7, 11) is 0. The second kappa shape index (κ2) is 7.21. The average molecular weight is 405 g/mol. The van der Waals surface area contributed by atoms with Gasteiger partial charge in [-0.25, -0.2) is 0 Å². The second-order valence-corrected chi connectivity index (χ2v) is 7.73. The molecule has 1 aliphatic carbocycles. The minimum absolute atomic E-state index is 0.325. The smallest absolute Gasteiger partial charge is 0.0959 e. The topological polar surface area (TPSA) is 22.1 Å². The van der Waals surface area contributed by atoms with Gasteiger partial charge in [-0.1, -0.05) is 46.9 Å². The van der Waals surface area contributed by atoms with Crippen molar-refractivity contribution in [2.75, 3.05) is 0 Å². The van der Waals surface area contributed by atoms with Crippen LogP contribution in [0.3, 0.4) is 0 Å². The minimum atomic E-state index is -0.325. The van der Waals surface area contributed by atoms with Crippen molar-refractivity contribution in [3.8, 4) is 11.1 Å². The largest absolute Gasteiger partial charge is 0.365 e. The maximum absolute atomic E-state index is 6.33. The van der Waals surface area contributed by atoms with Crippen molar-refractivity contribution >= 4 is 34.8 Å². The van der Waals surface area contributed by atoms with Crippen molar-refractivity contribution in [3.63, 3.8) is 0 Å². The van der Waals surface area contributed by atoms with E-state index in [2.05, 4.69) is 4.98 Å². The van der Waals surface area contributed by atoms with Crippen molar-refractivity contribution in [2.45, 2.75) is 25.0 Å². The highest BCUT2D eigenvalue weighted by molar-refractivity contribution is 6.33. The zero-order valence-electron chi connectivity index (χ0n) is 13.9. The minimum Gasteiger partial charge on any atom is -0.365 e. The third kappa shape index (κ3) is 3.60. The molecule has 1 heterocycles. The van der Waals surface area contributed by atoms with Crippen molar-refractivity contribution in [1.82, 2.24) is 4.98 Å². The Morgan fingerprint density at radius 2 is 1.65 bits per heavy atom. The van der Waals surface area contributed by atoms with Gasteiger partial charge in [0.1, 0.15) is 0 Å². The highest BCUT2D eigenvalue weighted by Crippen LogP contribution is 2.52. The van der Waals surface area contributed by atoms with Crippen LogP contribution in [0.4, 0.5) is 0 Å². The fraction of sp³-hybridized carbons (Fsp3) is 0.190. The molecule has 1 aromatic heterocycles. The lowest BCUT2D eigenvalue weighted by atomic mass is 9.97. The van der Waals surface area contributed by atoms with E-state index in [1.54, 1.807) is 18.3 Å². The third-order valence-corrected chi connectivity index (χ3v) is 5.54. The first-order valence-corrected chi connectivity index (χ1v) is 9.49. The van der Waals surface area contributed by atoms with Gasteiger partial charge in [0.25, 0.3) is 0 Å². The summed E-state index contributed by atoms with van der Waals surface area (Å²) in [5, 5.41) is 2.03. The number of nitrogens with zero attached hydrogens (tertiary/aromatic N) is 1. The van der Waals surface area contributed by atoms with Crippen molar-refractivity contribution < 1.29 is 4.74 Å². The van der Waals surface area contributed by atoms with Crippen molar-refractivity contribution in [1.29, 1.82) is 0 Å². The molecule has 1 saturated carbocycles. The van der Waals surface area contributed by atoms with E-state index < -0.39 is 0 Å². The Kier molecular flexibility index (Phi) is 4.94. The first kappa shape index (κ1) is 17.8. The molecule has 1 aliphatic rings. The van der Waals surface area contributed by atoms with E-state index in [4.69, 9.17) is 39.5 Å². The van der Waals surface area contributed by atoms with E-state index in [9.17, 15) is 0 Å². The van der Waals surface area contributed by atoms with Crippen LogP contribution in [0.15, 0.2) is 60.9 Å². The fourth-order valence-electron chi connectivity index (χ4n) is 3.11. The Balaban J connectivity index is 1.63. The molecule has 1 fully saturated rings. The summed E-state index contributed by atoms with van der Waals surface area (Å²) in [6.45, 7) is 0.411. The van der Waals surface area contributed by atoms with Crippen LogP contribution in [0, 0.1) is 0 Å². The van der Waals surface area contributed by atoms with Gasteiger partial charge in [0.05, 0.1) is 12.2 Å². The highest BCUT2D eigenvalue weighted by Gasteiger charge is 2.47. The molecule has 132 valence electrons. The predicted octanol–water partition coefficient (Wildman–Crippen LogP) is 6.91. The molecule has 0 atom stereocenters. The number of hydrogen-bond acceptors (Lipinski definition) is 2. The Labute approximate surface area is 167 Å². The molecular formula is C21H16Cl3NO. The number of benzene rings is 2. The number of ether oxygens (including phenoxy) is 1. The first-order chi connectivity index (χ1) is 12.6. The van der Waals surface area contributed by atoms with Crippen molar-refractivity contribution in [2.24, 2.45) is 0 Å². The molecule has 0 N–H and O–H groups in total. The van der Waals surface area contributed by atoms with Gasteiger partial charge >= 0.3 is 0 Å². The van der Waals surface area contributed by atoms with Crippen LogP contribution >= 0.6 is 34.8 Å². The van der Waals surface area contributed by atoms with Gasteiger partial charge < -0.3 is 4.74 Å². The standard InChI is InChI=1S/C21H16Cl3NO/c22-16-3-1-14(2-4-16)18-7-10-25-12-19(18)21(8-9-21)26-13-15-11-17(23)5-6-20(15)24/h1-7,10-12H,8-9,13H2. The van der Waals surface area contributed by atoms with Crippen LogP contribution in [0.2, 0.25) is 15.1 Å². The van der Waals surface area contributed by atoms with Gasteiger partial charge in [-0.05, 0) is 65.9 Å². The van der Waals surface area contributed by atoms with Gasteiger partial charge in [0.15, 0.2) is 0 Å². The Morgan fingerprint density at radius 3 is 2.38 bits per heavy atom. The SMILES string of the molecule is Clc1ccc(-c2ccncc2C2(OCc3cc(Cl)ccc3Cl)CC2)cc1. The molecular weight excluding hydrogens is 389 g/mol. The zero-order chi connectivity index (χ0) is 18.1. The van der Waals surface area contributed by atoms with E-state index in [1.165, 1.54) is 0 Å². The number of hydrogen-bond donors (Lipinski definition) is 0. The Morgan fingerprint density at radius 1 is 0.923 bits per heavy atom. The molecule has 0 amide bonds. The Bertz CT molecular complexity index is 936. The molecule has 0 unspecified atom stereocenters. The lowest BCUT2D eigenvalue weighted by Crippen LogP contribution is -2.14. The number of halogens is 3. The lowest BCUT2D eigenvalue weighted by molar-refractivity contribution is 0.0174. The quantitative estimate of drug-likeness (QED) is 0.460. The summed E-state index contributed by atoms with van der Waals surface area (Å²) in [5.41, 5.74) is 3.88. The summed E-state index contributed by atoms with van der Waals surface area (Å²) in [4.78, 5) is 4.33. The molecule has 5 heteroatoms. The predicted molar refractivity (Wildman–Crippen MR) is 107 cm³/mol. The molecule has 2 nitrogen and oxygen atoms in total. The first-order valence-electron chi connectivity index (χ1n) is 8.36. The van der Waals surface area contributed by atoms with E-state index in [0.29, 0.717) is 16.7 Å². The average Bonchev–Trinajstić information content (AvgIpc) is 3.44. The number of pyridine rings is 1. The number of aromatic nitrogens is 1. The lowest BCUT2D eigenvalue weighted by Gasteiger charge is -2.21. The summed E-state index contributed by atoms with van der Waals surface area (Å²) < 4.78 is 6.33. The molecule has 3 aromatic rings.